The lowest BCUT2D eigenvalue weighted by Crippen LogP contribution is -2.40. The average molecular weight is 1810 g/mol. The van der Waals surface area contributed by atoms with Crippen molar-refractivity contribution in [2.24, 2.45) is 5.73 Å². The molecule has 12 aromatic heterocycles. The lowest BCUT2D eigenvalue weighted by Gasteiger charge is -2.16. The van der Waals surface area contributed by atoms with Gasteiger partial charge < -0.3 is 61.6 Å². The summed E-state index contributed by atoms with van der Waals surface area (Å²) in [7, 11) is -8.48. The van der Waals surface area contributed by atoms with Crippen LogP contribution in [0.3, 0.4) is 0 Å². The molecule has 10 N–H and O–H groups in total. The molecule has 45 heteroatoms. The number of ether oxygens (including phenoxy) is 3. The predicted octanol–water partition coefficient (Wildman–Crippen LogP) is 11.4. The number of benzene rings is 2. The maximum Gasteiger partial charge on any atom is 0.328 e. The van der Waals surface area contributed by atoms with Crippen molar-refractivity contribution in [3.8, 4) is 45.6 Å². The first kappa shape index (κ1) is 89.4. The third-order valence-corrected chi connectivity index (χ3v) is 22.5. The third kappa shape index (κ3) is 21.0. The van der Waals surface area contributed by atoms with Crippen LogP contribution in [-0.2, 0) is 59.4 Å². The summed E-state index contributed by atoms with van der Waals surface area (Å²) in [5.41, 5.74) is 10.2. The van der Waals surface area contributed by atoms with Crippen LogP contribution in [0.25, 0.3) is 89.7 Å². The minimum absolute atomic E-state index is 0.00789. The number of aromatic amines is 2. The number of aryl methyl sites for hydroxylation is 2. The number of rotatable bonds is 20. The minimum Gasteiger partial charge on any atom is -0.480 e. The van der Waals surface area contributed by atoms with E-state index in [0.29, 0.717) is 80.3 Å². The highest BCUT2D eigenvalue weighted by Crippen LogP contribution is 2.37. The fraction of sp³-hybridized carbons (Fsp3) is 0.234. The van der Waals surface area contributed by atoms with Gasteiger partial charge in [-0.15, -0.1) is 0 Å². The van der Waals surface area contributed by atoms with E-state index < -0.39 is 78.2 Å². The maximum atomic E-state index is 14.6. The van der Waals surface area contributed by atoms with Gasteiger partial charge in [0.15, 0.2) is 80.3 Å². The fourth-order valence-electron chi connectivity index (χ4n) is 11.7. The Morgan fingerprint density at radius 2 is 0.967 bits per heavy atom. The van der Waals surface area contributed by atoms with Gasteiger partial charge in [-0.1, -0.05) is 103 Å². The highest BCUT2D eigenvalue weighted by atomic mass is 35.5. The van der Waals surface area contributed by atoms with E-state index in [4.69, 9.17) is 67.7 Å². The first-order chi connectivity index (χ1) is 59.0. The molecule has 122 heavy (non-hydrogen) atoms. The lowest BCUT2D eigenvalue weighted by molar-refractivity contribution is -0.139. The standard InChI is InChI=1S/C23H20ClFN6O4S.C19H14ClFN4O3S2.C16H16ClFN6O3.C16H14ClFN6O2.C2H6.CH4/c1-13-2-4-15(5-3-13)36(33,34)31-11-17(16-8-14(24)9-28-22(16)31)20-27-10-18(25)21(30-20)29-19-12-35-7-6-26-23(19)32;1-11-3-5-13(6-4-11)30(27,28)25-10-15(14-7-12(20)8-23-18(14)25)17-22-9-16(21)19(24-17)29(2)26;17-8-3-9-10(5-21-13(9)20-4-8)14-22-6-11(18)15(24-14)23-12(16(25)26)7-27-2-1-19;17-8-3-9-10(5-21-13(9)20-4-8)14-22-6-11(18)15(24-14)23-12-7-26-2-1-19-16(12)25;1-2;/h2-5,8-11,19H,6-7,12H2,1H3,(H,26,32)(H,27,29,30);3-10H,1-2H3;3-6,12H,1-2,7,19H2,(H,20,21)(H,25,26)(H,22,23,24);3-6,12H,1-2,7H2,(H,19,25)(H,20,21)(H,22,23,24);1-2H3;1H4/i;;;;;1D. The summed E-state index contributed by atoms with van der Waals surface area (Å²) in [5, 5.41) is 25.9. The zero-order valence-electron chi connectivity index (χ0n) is 66.0. The number of fused-ring (bicyclic) bond motifs is 4. The number of nitrogens with one attached hydrogen (secondary N) is 7. The first-order valence-corrected chi connectivity index (χ1v) is 42.2. The number of hydrogen-bond donors (Lipinski definition) is 9. The number of carbonyl (C=O) groups is 3. The molecule has 14 aromatic rings. The highest BCUT2D eigenvalue weighted by Gasteiger charge is 2.31. The van der Waals surface area contributed by atoms with E-state index in [9.17, 15) is 58.1 Å². The molecule has 638 valence electrons. The first-order valence-electron chi connectivity index (χ1n) is 37.2. The van der Waals surface area contributed by atoms with Crippen molar-refractivity contribution < 1.29 is 73.7 Å². The van der Waals surface area contributed by atoms with Gasteiger partial charge in [-0.3, -0.25) is 13.8 Å². The molecule has 16 rings (SSSR count). The third-order valence-electron chi connectivity index (χ3n) is 17.6. The Hall–Kier alpha value is -11.9. The molecule has 0 radical (unpaired) electrons. The van der Waals surface area contributed by atoms with Gasteiger partial charge in [0.05, 0.1) is 105 Å². The molecule has 0 bridgehead atoms. The Balaban J connectivity index is 0.000000159. The number of nitrogens with zero attached hydrogens (tertiary/aromatic N) is 14. The quantitative estimate of drug-likeness (QED) is 0.0194. The molecular formula is C77H74Cl4F4N22O12S3. The molecule has 4 unspecified atom stereocenters. The van der Waals surface area contributed by atoms with Crippen molar-refractivity contribution in [1.82, 2.24) is 88.4 Å². The summed E-state index contributed by atoms with van der Waals surface area (Å²) in [6, 6.07) is 16.4. The number of hydrogen-bond acceptors (Lipinski definition) is 27. The monoisotopic (exact) mass is 1810 g/mol. The van der Waals surface area contributed by atoms with Gasteiger partial charge >= 0.3 is 5.97 Å². The van der Waals surface area contributed by atoms with Gasteiger partial charge in [0.1, 0.15) is 29.4 Å². The number of aliphatic carboxylic acids is 1. The molecule has 34 nitrogen and oxygen atoms in total. The smallest absolute Gasteiger partial charge is 0.328 e. The van der Waals surface area contributed by atoms with E-state index >= 15 is 0 Å². The van der Waals surface area contributed by atoms with Crippen LogP contribution in [0.15, 0.2) is 162 Å². The molecule has 2 fully saturated rings. The van der Waals surface area contributed by atoms with Gasteiger partial charge in [-0.2, -0.15) is 0 Å². The second-order valence-electron chi connectivity index (χ2n) is 25.9. The second-order valence-corrected chi connectivity index (χ2v) is 32.5. The van der Waals surface area contributed by atoms with Crippen molar-refractivity contribution >= 4 is 157 Å². The van der Waals surface area contributed by atoms with E-state index in [1.165, 1.54) is 87.2 Å². The van der Waals surface area contributed by atoms with E-state index in [-0.39, 0.29) is 133 Å². The minimum atomic E-state index is -4.04. The van der Waals surface area contributed by atoms with Crippen LogP contribution in [0.5, 0.6) is 0 Å². The normalized spacial score (nSPS) is 14.7. The van der Waals surface area contributed by atoms with Crippen molar-refractivity contribution in [2.75, 3.05) is 81.5 Å². The Kier molecular flexibility index (Phi) is 29.4. The summed E-state index contributed by atoms with van der Waals surface area (Å²) in [4.78, 5) is 91.1. The number of carbonyl (C=O) groups excluding carboxylic acids is 2. The van der Waals surface area contributed by atoms with E-state index in [1.807, 2.05) is 27.7 Å². The van der Waals surface area contributed by atoms with Crippen molar-refractivity contribution in [2.45, 2.75) is 68.0 Å². The van der Waals surface area contributed by atoms with Gasteiger partial charge in [0, 0.05) is 121 Å². The number of carboxylic acids is 1. The average Bonchev–Trinajstić information content (AvgIpc) is 1.60. The molecule has 2 aliphatic rings. The molecule has 2 aliphatic heterocycles. The number of aromatic nitrogens is 16. The number of H-pyrrole nitrogens is 2. The molecule has 0 aliphatic carbocycles. The Labute approximate surface area is 716 Å². The number of carboxylic acid groups (broad SMARTS) is 1. The zero-order valence-corrected chi connectivity index (χ0v) is 70.5. The van der Waals surface area contributed by atoms with Crippen LogP contribution in [-0.4, -0.2) is 205 Å². The number of anilines is 3. The maximum absolute atomic E-state index is 14.6. The van der Waals surface area contributed by atoms with Crippen LogP contribution in [0.1, 0.15) is 33.7 Å². The van der Waals surface area contributed by atoms with Crippen LogP contribution in [0, 0.1) is 37.1 Å². The number of halogens is 8. The van der Waals surface area contributed by atoms with Crippen LogP contribution < -0.4 is 32.3 Å². The van der Waals surface area contributed by atoms with Crippen LogP contribution in [0.4, 0.5) is 35.0 Å². The summed E-state index contributed by atoms with van der Waals surface area (Å²) in [5.74, 6) is -4.99. The molecule has 4 atom stereocenters. The molecule has 0 saturated carbocycles. The number of nitrogens with two attached hydrogens (primary N) is 1. The van der Waals surface area contributed by atoms with Crippen LogP contribution in [0.2, 0.25) is 20.1 Å². The molecule has 14 heterocycles. The Morgan fingerprint density at radius 1 is 0.590 bits per heavy atom. The van der Waals surface area contributed by atoms with E-state index in [0.717, 1.165) is 43.9 Å². The molecule has 0 spiro atoms. The topological polar surface area (TPSA) is 467 Å². The summed E-state index contributed by atoms with van der Waals surface area (Å²) < 4.78 is 146. The van der Waals surface area contributed by atoms with Gasteiger partial charge in [-0.25, -0.2) is 107 Å². The largest absolute Gasteiger partial charge is 0.480 e. The highest BCUT2D eigenvalue weighted by molar-refractivity contribution is 7.90. The summed E-state index contributed by atoms with van der Waals surface area (Å²) in [6.07, 6.45) is 16.7. The SMILES string of the molecule is CC.Cc1ccc(S(=O)(=O)n2cc(-c3ncc(F)c(NC4COCCNC4=O)n3)c3cc(Cl)cnc32)cc1.Cc1ccc(S(=O)(=O)n2cc(-c3ncc(F)c(S(C)=O)n3)c3cc(Cl)cnc32)cc1.NCCOCC(Nc1nc(-c2c[nH]c3ncc(Cl)cc23)ncc1F)C(=O)O.O=C1NCCOCC1Nc1nc(-c2c[nH]c3ncc(Cl)cc23)ncc1F.[2H]C. The van der Waals surface area contributed by atoms with E-state index in [1.54, 1.807) is 48.8 Å². The van der Waals surface area contributed by atoms with Crippen molar-refractivity contribution in [3.05, 3.63) is 202 Å². The van der Waals surface area contributed by atoms with Gasteiger partial charge in [-0.05, 0) is 62.4 Å². The molecule has 2 amide bonds. The second kappa shape index (κ2) is 40.2. The van der Waals surface area contributed by atoms with Crippen molar-refractivity contribution in [3.63, 3.8) is 0 Å². The van der Waals surface area contributed by atoms with Crippen molar-refractivity contribution in [1.29, 1.82) is 0 Å². The predicted molar refractivity (Wildman–Crippen MR) is 451 cm³/mol. The molecule has 2 aromatic carbocycles. The summed E-state index contributed by atoms with van der Waals surface area (Å²) in [6.45, 7) is 9.59. The van der Waals surface area contributed by atoms with E-state index in [2.05, 4.69) is 96.4 Å². The lowest BCUT2D eigenvalue weighted by atomic mass is 10.2. The van der Waals surface area contributed by atoms with Gasteiger partial charge in [0.25, 0.3) is 20.0 Å². The molecule has 2 saturated heterocycles. The zero-order chi connectivity index (χ0) is 88.6. The number of pyridine rings is 4. The van der Waals surface area contributed by atoms with Gasteiger partial charge in [0.2, 0.25) is 11.8 Å². The number of amides is 2. The summed E-state index contributed by atoms with van der Waals surface area (Å²) >= 11 is 24.2. The van der Waals surface area contributed by atoms with Crippen LogP contribution >= 0.6 is 46.4 Å². The fourth-order valence-corrected chi connectivity index (χ4v) is 15.6. The Bertz CT molecular complexity index is 6470. The Morgan fingerprint density at radius 3 is 1.38 bits per heavy atom. The molecular weight excluding hydrogens is 1740 g/mol.